The Labute approximate surface area is 202 Å². The number of hydrogen-bond acceptors (Lipinski definition) is 5. The lowest BCUT2D eigenvalue weighted by Crippen LogP contribution is -2.12. The number of nitrogens with one attached hydrogen (secondary N) is 1. The van der Waals surface area contributed by atoms with Gasteiger partial charge in [-0.05, 0) is 84.8 Å². The fraction of sp³-hybridized carbons (Fsp3) is 0.345. The molecule has 1 fully saturated rings. The molecule has 0 saturated heterocycles. The molecule has 1 saturated carbocycles. The second-order valence-electron chi connectivity index (χ2n) is 9.18. The van der Waals surface area contributed by atoms with E-state index in [1.54, 1.807) is 13.2 Å². The van der Waals surface area contributed by atoms with Gasteiger partial charge in [0.2, 0.25) is 0 Å². The third-order valence-corrected chi connectivity index (χ3v) is 6.93. The number of rotatable bonds is 7. The van der Waals surface area contributed by atoms with Gasteiger partial charge in [-0.25, -0.2) is 4.79 Å². The standard InChI is InChI=1S/C29H34N2O3/c1-20-5-7-21(8-6-20)22-9-13-24(14-10-22)31(2)25-15-11-23(12-16-25)30-28-18-17-26(33-3)19-27(28)29(32)34-4/h9-21,30H,5-8H2,1-4H3. The summed E-state index contributed by atoms with van der Waals surface area (Å²) in [6, 6.07) is 22.5. The minimum atomic E-state index is -0.413. The normalized spacial score (nSPS) is 17.6. The van der Waals surface area contributed by atoms with E-state index in [4.69, 9.17) is 9.47 Å². The summed E-state index contributed by atoms with van der Waals surface area (Å²) in [6.45, 7) is 2.37. The van der Waals surface area contributed by atoms with Crippen LogP contribution in [0.4, 0.5) is 22.7 Å². The van der Waals surface area contributed by atoms with E-state index in [2.05, 4.69) is 60.6 Å². The second kappa shape index (κ2) is 10.6. The zero-order valence-corrected chi connectivity index (χ0v) is 20.5. The first kappa shape index (κ1) is 23.7. The highest BCUT2D eigenvalue weighted by atomic mass is 16.5. The Morgan fingerprint density at radius 1 is 0.882 bits per heavy atom. The Morgan fingerprint density at radius 2 is 1.50 bits per heavy atom. The molecule has 3 aromatic carbocycles. The Kier molecular flexibility index (Phi) is 7.41. The van der Waals surface area contributed by atoms with Crippen molar-refractivity contribution >= 4 is 28.7 Å². The zero-order chi connectivity index (χ0) is 24.1. The average Bonchev–Trinajstić information content (AvgIpc) is 2.89. The Hall–Kier alpha value is -3.47. The lowest BCUT2D eigenvalue weighted by Gasteiger charge is -2.27. The van der Waals surface area contributed by atoms with Crippen molar-refractivity contribution in [2.24, 2.45) is 5.92 Å². The maximum absolute atomic E-state index is 12.2. The summed E-state index contributed by atoms with van der Waals surface area (Å²) in [5, 5.41) is 3.32. The van der Waals surface area contributed by atoms with Crippen LogP contribution in [0.2, 0.25) is 0 Å². The Balaban J connectivity index is 1.45. The van der Waals surface area contributed by atoms with Crippen molar-refractivity contribution in [3.05, 3.63) is 77.9 Å². The van der Waals surface area contributed by atoms with Gasteiger partial charge >= 0.3 is 5.97 Å². The third-order valence-electron chi connectivity index (χ3n) is 6.93. The lowest BCUT2D eigenvalue weighted by molar-refractivity contribution is 0.0601. The van der Waals surface area contributed by atoms with Crippen LogP contribution < -0.4 is 15.0 Å². The molecule has 0 bridgehead atoms. The van der Waals surface area contributed by atoms with Gasteiger partial charge in [-0.3, -0.25) is 0 Å². The Bertz CT molecular complexity index is 1100. The molecule has 4 rings (SSSR count). The summed E-state index contributed by atoms with van der Waals surface area (Å²) in [7, 11) is 5.03. The van der Waals surface area contributed by atoms with E-state index in [1.165, 1.54) is 38.4 Å². The average molecular weight is 459 g/mol. The number of ether oxygens (including phenoxy) is 2. The SMILES string of the molecule is COC(=O)c1cc(OC)ccc1Nc1ccc(N(C)c2ccc(C3CCC(C)CC3)cc2)cc1. The molecular formula is C29H34N2O3. The van der Waals surface area contributed by atoms with E-state index in [1.807, 2.05) is 24.3 Å². The van der Waals surface area contributed by atoms with E-state index in [9.17, 15) is 4.79 Å². The topological polar surface area (TPSA) is 50.8 Å². The summed E-state index contributed by atoms with van der Waals surface area (Å²) in [5.41, 5.74) is 5.69. The zero-order valence-electron chi connectivity index (χ0n) is 20.5. The molecule has 0 atom stereocenters. The van der Waals surface area contributed by atoms with E-state index in [0.717, 1.165) is 23.0 Å². The molecule has 5 nitrogen and oxygen atoms in total. The molecule has 34 heavy (non-hydrogen) atoms. The summed E-state index contributed by atoms with van der Waals surface area (Å²) in [6.07, 6.45) is 5.28. The second-order valence-corrected chi connectivity index (χ2v) is 9.18. The van der Waals surface area contributed by atoms with Crippen LogP contribution in [0.15, 0.2) is 66.7 Å². The van der Waals surface area contributed by atoms with Crippen LogP contribution in [0, 0.1) is 5.92 Å². The van der Waals surface area contributed by atoms with Crippen LogP contribution in [-0.2, 0) is 4.74 Å². The van der Waals surface area contributed by atoms with Gasteiger partial charge in [0.15, 0.2) is 0 Å². The Morgan fingerprint density at radius 3 is 2.09 bits per heavy atom. The van der Waals surface area contributed by atoms with Gasteiger partial charge < -0.3 is 19.7 Å². The predicted molar refractivity (Wildman–Crippen MR) is 139 cm³/mol. The molecule has 1 aliphatic carbocycles. The highest BCUT2D eigenvalue weighted by Gasteiger charge is 2.20. The van der Waals surface area contributed by atoms with Gasteiger partial charge in [0, 0.05) is 24.1 Å². The van der Waals surface area contributed by atoms with E-state index in [0.29, 0.717) is 22.9 Å². The molecule has 0 amide bonds. The molecule has 0 aromatic heterocycles. The fourth-order valence-electron chi connectivity index (χ4n) is 4.67. The number of anilines is 4. The van der Waals surface area contributed by atoms with E-state index in [-0.39, 0.29) is 0 Å². The molecule has 1 N–H and O–H groups in total. The van der Waals surface area contributed by atoms with Crippen LogP contribution in [0.3, 0.4) is 0 Å². The summed E-state index contributed by atoms with van der Waals surface area (Å²) < 4.78 is 10.2. The molecular weight excluding hydrogens is 424 g/mol. The molecule has 1 aliphatic rings. The van der Waals surface area contributed by atoms with Crippen LogP contribution in [-0.4, -0.2) is 27.2 Å². The first-order chi connectivity index (χ1) is 16.5. The van der Waals surface area contributed by atoms with Gasteiger partial charge in [-0.15, -0.1) is 0 Å². The summed E-state index contributed by atoms with van der Waals surface area (Å²) in [4.78, 5) is 14.4. The smallest absolute Gasteiger partial charge is 0.340 e. The maximum Gasteiger partial charge on any atom is 0.340 e. The first-order valence-electron chi connectivity index (χ1n) is 12.0. The minimum Gasteiger partial charge on any atom is -0.497 e. The number of carbonyl (C=O) groups is 1. The first-order valence-corrected chi connectivity index (χ1v) is 12.0. The fourth-order valence-corrected chi connectivity index (χ4v) is 4.67. The maximum atomic E-state index is 12.2. The van der Waals surface area contributed by atoms with E-state index < -0.39 is 5.97 Å². The van der Waals surface area contributed by atoms with E-state index >= 15 is 0 Å². The number of hydrogen-bond donors (Lipinski definition) is 1. The number of methoxy groups -OCH3 is 2. The van der Waals surface area contributed by atoms with Crippen LogP contribution in [0.5, 0.6) is 5.75 Å². The molecule has 3 aromatic rings. The monoisotopic (exact) mass is 458 g/mol. The molecule has 0 spiro atoms. The van der Waals surface area contributed by atoms with Gasteiger partial charge in [-0.2, -0.15) is 0 Å². The van der Waals surface area contributed by atoms with Crippen molar-refractivity contribution in [3.8, 4) is 5.75 Å². The minimum absolute atomic E-state index is 0.413. The molecule has 0 aliphatic heterocycles. The van der Waals surface area contributed by atoms with Crippen molar-refractivity contribution in [2.45, 2.75) is 38.5 Å². The van der Waals surface area contributed by atoms with Crippen LogP contribution >= 0.6 is 0 Å². The van der Waals surface area contributed by atoms with Crippen molar-refractivity contribution in [1.29, 1.82) is 0 Å². The third kappa shape index (κ3) is 5.36. The molecule has 5 heteroatoms. The van der Waals surface area contributed by atoms with Gasteiger partial charge in [0.25, 0.3) is 0 Å². The number of esters is 1. The highest BCUT2D eigenvalue weighted by molar-refractivity contribution is 5.97. The van der Waals surface area contributed by atoms with Crippen molar-refractivity contribution in [2.75, 3.05) is 31.5 Å². The quantitative estimate of drug-likeness (QED) is 0.377. The largest absolute Gasteiger partial charge is 0.497 e. The lowest BCUT2D eigenvalue weighted by atomic mass is 9.79. The van der Waals surface area contributed by atoms with Crippen LogP contribution in [0.1, 0.15) is 54.4 Å². The highest BCUT2D eigenvalue weighted by Crippen LogP contribution is 2.36. The van der Waals surface area contributed by atoms with Crippen LogP contribution in [0.25, 0.3) is 0 Å². The number of carbonyl (C=O) groups excluding carboxylic acids is 1. The molecule has 0 heterocycles. The van der Waals surface area contributed by atoms with Crippen molar-refractivity contribution in [3.63, 3.8) is 0 Å². The summed E-state index contributed by atoms with van der Waals surface area (Å²) in [5.74, 6) is 1.76. The molecule has 0 radical (unpaired) electrons. The summed E-state index contributed by atoms with van der Waals surface area (Å²) >= 11 is 0. The number of benzene rings is 3. The van der Waals surface area contributed by atoms with Crippen molar-refractivity contribution < 1.29 is 14.3 Å². The van der Waals surface area contributed by atoms with Gasteiger partial charge in [-0.1, -0.05) is 31.9 Å². The number of nitrogens with zero attached hydrogens (tertiary/aromatic N) is 1. The van der Waals surface area contributed by atoms with Gasteiger partial charge in [0.05, 0.1) is 25.5 Å². The molecule has 178 valence electrons. The van der Waals surface area contributed by atoms with Crippen molar-refractivity contribution in [1.82, 2.24) is 0 Å². The predicted octanol–water partition coefficient (Wildman–Crippen LogP) is 7.29. The van der Waals surface area contributed by atoms with Gasteiger partial charge in [0.1, 0.15) is 5.75 Å². The molecule has 0 unspecified atom stereocenters.